The summed E-state index contributed by atoms with van der Waals surface area (Å²) < 4.78 is 0. The highest BCUT2D eigenvalue weighted by atomic mass is 32.2. The van der Waals surface area contributed by atoms with Crippen LogP contribution in [0.2, 0.25) is 0 Å². The van der Waals surface area contributed by atoms with Gasteiger partial charge in [-0.1, -0.05) is 12.1 Å². The predicted octanol–water partition coefficient (Wildman–Crippen LogP) is 3.91. The Labute approximate surface area is 149 Å². The standard InChI is InChI=1S/C19H15N5S/c20-18-7-4-13(11-23-18)15-8-9-22-17-6-5-16(24-19(15)17)12-2-1-3-14(10-12)25-21/h1-11H,21H2,(H2,20,23). The number of rotatable bonds is 3. The van der Waals surface area contributed by atoms with Gasteiger partial charge in [0, 0.05) is 34.0 Å². The summed E-state index contributed by atoms with van der Waals surface area (Å²) >= 11 is 1.22. The molecule has 6 heteroatoms. The molecule has 4 rings (SSSR count). The fourth-order valence-corrected chi connectivity index (χ4v) is 3.06. The van der Waals surface area contributed by atoms with Crippen molar-refractivity contribution in [1.29, 1.82) is 0 Å². The number of benzene rings is 1. The smallest absolute Gasteiger partial charge is 0.123 e. The summed E-state index contributed by atoms with van der Waals surface area (Å²) in [5.41, 5.74) is 11.2. The van der Waals surface area contributed by atoms with Gasteiger partial charge in [-0.05, 0) is 54.4 Å². The first kappa shape index (κ1) is 15.6. The Hall–Kier alpha value is -2.96. The lowest BCUT2D eigenvalue weighted by atomic mass is 10.1. The average Bonchev–Trinajstić information content (AvgIpc) is 2.68. The monoisotopic (exact) mass is 345 g/mol. The van der Waals surface area contributed by atoms with Crippen LogP contribution in [0.15, 0.2) is 71.9 Å². The van der Waals surface area contributed by atoms with Crippen molar-refractivity contribution in [2.24, 2.45) is 5.14 Å². The first-order valence-corrected chi connectivity index (χ1v) is 8.57. The topological polar surface area (TPSA) is 90.7 Å². The first-order chi connectivity index (χ1) is 12.2. The van der Waals surface area contributed by atoms with E-state index in [2.05, 4.69) is 9.97 Å². The molecule has 25 heavy (non-hydrogen) atoms. The first-order valence-electron chi connectivity index (χ1n) is 7.69. The molecule has 0 saturated carbocycles. The lowest BCUT2D eigenvalue weighted by Gasteiger charge is -2.08. The van der Waals surface area contributed by atoms with Gasteiger partial charge in [-0.15, -0.1) is 0 Å². The SMILES string of the molecule is NSc1cccc(-c2ccc3nccc(-c4ccc(N)nc4)c3n2)c1. The van der Waals surface area contributed by atoms with E-state index in [0.29, 0.717) is 5.82 Å². The van der Waals surface area contributed by atoms with E-state index >= 15 is 0 Å². The van der Waals surface area contributed by atoms with E-state index in [0.717, 1.165) is 38.3 Å². The van der Waals surface area contributed by atoms with E-state index in [9.17, 15) is 0 Å². The Kier molecular flexibility index (Phi) is 4.05. The molecule has 3 aromatic heterocycles. The Balaban J connectivity index is 1.89. The zero-order chi connectivity index (χ0) is 17.2. The van der Waals surface area contributed by atoms with Crippen molar-refractivity contribution in [2.75, 3.05) is 5.73 Å². The maximum atomic E-state index is 5.69. The molecule has 0 bridgehead atoms. The molecule has 0 amide bonds. The summed E-state index contributed by atoms with van der Waals surface area (Å²) in [6, 6.07) is 17.6. The highest BCUT2D eigenvalue weighted by Gasteiger charge is 2.09. The summed E-state index contributed by atoms with van der Waals surface area (Å²) in [6.07, 6.45) is 3.53. The summed E-state index contributed by atoms with van der Waals surface area (Å²) in [4.78, 5) is 14.4. The largest absolute Gasteiger partial charge is 0.384 e. The van der Waals surface area contributed by atoms with Crippen molar-refractivity contribution in [2.45, 2.75) is 4.90 Å². The molecule has 3 heterocycles. The van der Waals surface area contributed by atoms with Crippen LogP contribution in [0.3, 0.4) is 0 Å². The summed E-state index contributed by atoms with van der Waals surface area (Å²) in [5.74, 6) is 0.492. The van der Waals surface area contributed by atoms with Crippen LogP contribution in [0.5, 0.6) is 0 Å². The van der Waals surface area contributed by atoms with Crippen molar-refractivity contribution in [3.8, 4) is 22.4 Å². The number of nitrogen functional groups attached to an aromatic ring is 1. The van der Waals surface area contributed by atoms with Gasteiger partial charge in [0.15, 0.2) is 0 Å². The lowest BCUT2D eigenvalue weighted by Crippen LogP contribution is -1.93. The van der Waals surface area contributed by atoms with Crippen LogP contribution >= 0.6 is 11.9 Å². The number of nitrogens with zero attached hydrogens (tertiary/aromatic N) is 3. The van der Waals surface area contributed by atoms with E-state index in [1.165, 1.54) is 11.9 Å². The zero-order valence-corrected chi connectivity index (χ0v) is 14.1. The van der Waals surface area contributed by atoms with Crippen molar-refractivity contribution in [1.82, 2.24) is 15.0 Å². The second kappa shape index (κ2) is 6.51. The molecule has 4 aromatic rings. The van der Waals surface area contributed by atoms with Crippen LogP contribution in [-0.4, -0.2) is 15.0 Å². The average molecular weight is 345 g/mol. The third kappa shape index (κ3) is 3.05. The minimum atomic E-state index is 0.492. The summed E-state index contributed by atoms with van der Waals surface area (Å²) in [7, 11) is 0. The number of hydrogen-bond acceptors (Lipinski definition) is 6. The molecular weight excluding hydrogens is 330 g/mol. The molecule has 0 radical (unpaired) electrons. The molecule has 0 fully saturated rings. The highest BCUT2D eigenvalue weighted by molar-refractivity contribution is 7.97. The van der Waals surface area contributed by atoms with Gasteiger partial charge in [0.25, 0.3) is 0 Å². The molecule has 0 atom stereocenters. The van der Waals surface area contributed by atoms with Crippen molar-refractivity contribution in [3.05, 3.63) is 67.0 Å². The minimum absolute atomic E-state index is 0.492. The minimum Gasteiger partial charge on any atom is -0.384 e. The van der Waals surface area contributed by atoms with E-state index < -0.39 is 0 Å². The molecule has 4 N–H and O–H groups in total. The molecule has 0 spiro atoms. The summed E-state index contributed by atoms with van der Waals surface area (Å²) in [6.45, 7) is 0. The van der Waals surface area contributed by atoms with E-state index in [1.807, 2.05) is 48.5 Å². The Morgan fingerprint density at radius 1 is 0.880 bits per heavy atom. The molecule has 1 aromatic carbocycles. The van der Waals surface area contributed by atoms with Gasteiger partial charge in [0.1, 0.15) is 5.82 Å². The van der Waals surface area contributed by atoms with Gasteiger partial charge < -0.3 is 5.73 Å². The van der Waals surface area contributed by atoms with E-state index in [-0.39, 0.29) is 0 Å². The maximum Gasteiger partial charge on any atom is 0.123 e. The van der Waals surface area contributed by atoms with Crippen LogP contribution in [0.1, 0.15) is 0 Å². The number of fused-ring (bicyclic) bond motifs is 1. The molecule has 0 aliphatic rings. The number of nitrogens with two attached hydrogens (primary N) is 2. The fraction of sp³-hybridized carbons (Fsp3) is 0. The van der Waals surface area contributed by atoms with Crippen molar-refractivity contribution >= 4 is 28.8 Å². The second-order valence-corrected chi connectivity index (χ2v) is 6.25. The molecule has 0 unspecified atom stereocenters. The Bertz CT molecular complexity index is 1050. The third-order valence-corrected chi connectivity index (χ3v) is 4.47. The van der Waals surface area contributed by atoms with Gasteiger partial charge in [0.05, 0.1) is 16.7 Å². The van der Waals surface area contributed by atoms with Gasteiger partial charge in [-0.25, -0.2) is 9.97 Å². The van der Waals surface area contributed by atoms with Crippen molar-refractivity contribution in [3.63, 3.8) is 0 Å². The zero-order valence-electron chi connectivity index (χ0n) is 13.3. The van der Waals surface area contributed by atoms with Gasteiger partial charge >= 0.3 is 0 Å². The van der Waals surface area contributed by atoms with E-state index in [4.69, 9.17) is 15.9 Å². The second-order valence-electron chi connectivity index (χ2n) is 5.54. The number of hydrogen-bond donors (Lipinski definition) is 2. The predicted molar refractivity (Wildman–Crippen MR) is 103 cm³/mol. The molecular formula is C19H15N5S. The van der Waals surface area contributed by atoms with Crippen LogP contribution in [0.25, 0.3) is 33.4 Å². The fourth-order valence-electron chi connectivity index (χ4n) is 2.71. The molecule has 0 aliphatic carbocycles. The van der Waals surface area contributed by atoms with Crippen LogP contribution in [-0.2, 0) is 0 Å². The molecule has 0 saturated heterocycles. The highest BCUT2D eigenvalue weighted by Crippen LogP contribution is 2.29. The van der Waals surface area contributed by atoms with Gasteiger partial charge in [-0.3, -0.25) is 10.1 Å². The Morgan fingerprint density at radius 3 is 2.60 bits per heavy atom. The molecule has 5 nitrogen and oxygen atoms in total. The Morgan fingerprint density at radius 2 is 1.80 bits per heavy atom. The van der Waals surface area contributed by atoms with Crippen LogP contribution < -0.4 is 10.9 Å². The normalized spacial score (nSPS) is 10.9. The number of anilines is 1. The summed E-state index contributed by atoms with van der Waals surface area (Å²) in [5, 5.41) is 5.67. The van der Waals surface area contributed by atoms with Gasteiger partial charge in [-0.2, -0.15) is 0 Å². The van der Waals surface area contributed by atoms with Crippen molar-refractivity contribution < 1.29 is 0 Å². The van der Waals surface area contributed by atoms with E-state index in [1.54, 1.807) is 18.5 Å². The third-order valence-electron chi connectivity index (χ3n) is 3.95. The maximum absolute atomic E-state index is 5.69. The number of aromatic nitrogens is 3. The molecule has 0 aliphatic heterocycles. The number of pyridine rings is 3. The van der Waals surface area contributed by atoms with Crippen LogP contribution in [0, 0.1) is 0 Å². The quantitative estimate of drug-likeness (QED) is 0.547. The molecule has 122 valence electrons. The lowest BCUT2D eigenvalue weighted by molar-refractivity contribution is 1.31. The van der Waals surface area contributed by atoms with Gasteiger partial charge in [0.2, 0.25) is 0 Å². The van der Waals surface area contributed by atoms with Crippen LogP contribution in [0.4, 0.5) is 5.82 Å².